The molecule has 4 heteroatoms. The molecule has 0 radical (unpaired) electrons. The summed E-state index contributed by atoms with van der Waals surface area (Å²) in [6.45, 7) is 2.53. The molecule has 1 N–H and O–H groups in total. The number of carbonyl (C=O) groups is 1. The van der Waals surface area contributed by atoms with Crippen LogP contribution in [0.1, 0.15) is 19.8 Å². The summed E-state index contributed by atoms with van der Waals surface area (Å²) in [6.07, 6.45) is 1.86. The molecule has 1 heterocycles. The molecule has 1 aliphatic rings. The molecule has 0 spiro atoms. The molecule has 0 aromatic heterocycles. The van der Waals surface area contributed by atoms with Gasteiger partial charge < -0.3 is 9.84 Å². The lowest BCUT2D eigenvalue weighted by Crippen LogP contribution is -2.18. The first kappa shape index (κ1) is 8.04. The molecule has 1 aliphatic heterocycles. The predicted molar refractivity (Wildman–Crippen MR) is 39.7 cm³/mol. The van der Waals surface area contributed by atoms with Crippen LogP contribution in [0, 0.1) is 0 Å². The Balaban J connectivity index is 2.37. The summed E-state index contributed by atoms with van der Waals surface area (Å²) in [5.74, 6) is -1.20. The summed E-state index contributed by atoms with van der Waals surface area (Å²) in [4.78, 5) is 14.0. The number of hydrogen-bond donors (Lipinski definition) is 1. The molecular formula is C7H11NO3. The van der Waals surface area contributed by atoms with Crippen molar-refractivity contribution in [2.45, 2.75) is 25.9 Å². The van der Waals surface area contributed by atoms with E-state index in [2.05, 4.69) is 4.99 Å². The fourth-order valence-corrected chi connectivity index (χ4v) is 1.01. The smallest absolute Gasteiger partial charge is 0.391 e. The van der Waals surface area contributed by atoms with Gasteiger partial charge in [-0.05, 0) is 6.42 Å². The van der Waals surface area contributed by atoms with E-state index in [1.54, 1.807) is 0 Å². The van der Waals surface area contributed by atoms with Crippen molar-refractivity contribution in [3.05, 3.63) is 0 Å². The molecule has 0 saturated carbocycles. The Morgan fingerprint density at radius 3 is 3.09 bits per heavy atom. The van der Waals surface area contributed by atoms with Gasteiger partial charge in [0.1, 0.15) is 6.10 Å². The highest BCUT2D eigenvalue weighted by Crippen LogP contribution is 2.09. The SMILES string of the molecule is CCCC1CN=C(C(=O)O)O1. The van der Waals surface area contributed by atoms with Crippen LogP contribution in [-0.4, -0.2) is 29.6 Å². The van der Waals surface area contributed by atoms with Gasteiger partial charge in [-0.3, -0.25) is 0 Å². The van der Waals surface area contributed by atoms with Crippen molar-refractivity contribution in [2.24, 2.45) is 4.99 Å². The number of aliphatic carboxylic acids is 1. The number of carboxylic acid groups (broad SMARTS) is 1. The second-order valence-electron chi connectivity index (χ2n) is 2.48. The fraction of sp³-hybridized carbons (Fsp3) is 0.714. The van der Waals surface area contributed by atoms with Crippen LogP contribution in [0.5, 0.6) is 0 Å². The van der Waals surface area contributed by atoms with Crippen molar-refractivity contribution >= 4 is 11.9 Å². The third-order valence-electron chi connectivity index (χ3n) is 1.51. The Kier molecular flexibility index (Phi) is 2.46. The first-order chi connectivity index (χ1) is 5.24. The van der Waals surface area contributed by atoms with E-state index < -0.39 is 5.97 Å². The van der Waals surface area contributed by atoms with Gasteiger partial charge in [-0.1, -0.05) is 13.3 Å². The van der Waals surface area contributed by atoms with Gasteiger partial charge in [-0.15, -0.1) is 0 Å². The van der Waals surface area contributed by atoms with Gasteiger partial charge in [0.05, 0.1) is 6.54 Å². The molecule has 1 rings (SSSR count). The largest absolute Gasteiger partial charge is 0.474 e. The molecule has 0 bridgehead atoms. The number of carboxylic acids is 1. The maximum atomic E-state index is 10.3. The fourth-order valence-electron chi connectivity index (χ4n) is 1.01. The van der Waals surface area contributed by atoms with Crippen LogP contribution < -0.4 is 0 Å². The lowest BCUT2D eigenvalue weighted by molar-refractivity contribution is -0.131. The molecule has 11 heavy (non-hydrogen) atoms. The summed E-state index contributed by atoms with van der Waals surface area (Å²) >= 11 is 0. The second kappa shape index (κ2) is 3.37. The molecule has 0 aromatic rings. The van der Waals surface area contributed by atoms with Gasteiger partial charge in [-0.25, -0.2) is 9.79 Å². The quantitative estimate of drug-likeness (QED) is 0.655. The number of nitrogens with zero attached hydrogens (tertiary/aromatic N) is 1. The van der Waals surface area contributed by atoms with Gasteiger partial charge in [0.2, 0.25) is 0 Å². The minimum atomic E-state index is -1.07. The van der Waals surface area contributed by atoms with Crippen LogP contribution in [0.3, 0.4) is 0 Å². The molecule has 4 nitrogen and oxygen atoms in total. The summed E-state index contributed by atoms with van der Waals surface area (Å²) < 4.78 is 5.01. The third-order valence-corrected chi connectivity index (χ3v) is 1.51. The molecule has 0 aromatic carbocycles. The zero-order valence-electron chi connectivity index (χ0n) is 6.41. The first-order valence-electron chi connectivity index (χ1n) is 3.68. The van der Waals surface area contributed by atoms with E-state index in [0.717, 1.165) is 12.8 Å². The second-order valence-corrected chi connectivity index (χ2v) is 2.48. The number of hydrogen-bond acceptors (Lipinski definition) is 3. The average Bonchev–Trinajstić information content (AvgIpc) is 2.37. The Bertz CT molecular complexity index is 188. The first-order valence-corrected chi connectivity index (χ1v) is 3.68. The van der Waals surface area contributed by atoms with Crippen LogP contribution in [0.2, 0.25) is 0 Å². The predicted octanol–water partition coefficient (Wildman–Crippen LogP) is 0.668. The molecule has 1 atom stereocenters. The lowest BCUT2D eigenvalue weighted by Gasteiger charge is -2.06. The molecule has 0 fully saturated rings. The van der Waals surface area contributed by atoms with E-state index in [-0.39, 0.29) is 12.0 Å². The maximum absolute atomic E-state index is 10.3. The van der Waals surface area contributed by atoms with Crippen LogP contribution >= 0.6 is 0 Å². The third kappa shape index (κ3) is 1.93. The lowest BCUT2D eigenvalue weighted by atomic mass is 10.2. The van der Waals surface area contributed by atoms with Crippen LogP contribution in [0.15, 0.2) is 4.99 Å². The molecule has 0 amide bonds. The van der Waals surface area contributed by atoms with Crippen molar-refractivity contribution in [1.29, 1.82) is 0 Å². The van der Waals surface area contributed by atoms with Crippen LogP contribution in [-0.2, 0) is 9.53 Å². The molecular weight excluding hydrogens is 146 g/mol. The van der Waals surface area contributed by atoms with Gasteiger partial charge in [-0.2, -0.15) is 0 Å². The Hall–Kier alpha value is -1.06. The molecule has 0 saturated heterocycles. The number of rotatable bonds is 3. The Labute approximate surface area is 64.9 Å². The summed E-state index contributed by atoms with van der Waals surface area (Å²) in [7, 11) is 0. The van der Waals surface area contributed by atoms with Crippen molar-refractivity contribution < 1.29 is 14.6 Å². The number of aliphatic imine (C=N–C) groups is 1. The van der Waals surface area contributed by atoms with Gasteiger partial charge >= 0.3 is 5.97 Å². The minimum absolute atomic E-state index is 0.00824. The van der Waals surface area contributed by atoms with Gasteiger partial charge in [0.15, 0.2) is 0 Å². The van der Waals surface area contributed by atoms with Crippen molar-refractivity contribution in [2.75, 3.05) is 6.54 Å². The maximum Gasteiger partial charge on any atom is 0.391 e. The molecule has 62 valence electrons. The van der Waals surface area contributed by atoms with Gasteiger partial charge in [0.25, 0.3) is 5.90 Å². The van der Waals surface area contributed by atoms with E-state index in [9.17, 15) is 4.79 Å². The van der Waals surface area contributed by atoms with E-state index in [1.807, 2.05) is 6.92 Å². The van der Waals surface area contributed by atoms with Crippen LogP contribution in [0.25, 0.3) is 0 Å². The Morgan fingerprint density at radius 2 is 2.64 bits per heavy atom. The van der Waals surface area contributed by atoms with Crippen molar-refractivity contribution in [1.82, 2.24) is 0 Å². The van der Waals surface area contributed by atoms with E-state index >= 15 is 0 Å². The van der Waals surface area contributed by atoms with Gasteiger partial charge in [0, 0.05) is 0 Å². The van der Waals surface area contributed by atoms with Crippen molar-refractivity contribution in [3.63, 3.8) is 0 Å². The highest BCUT2D eigenvalue weighted by molar-refractivity contribution is 6.32. The van der Waals surface area contributed by atoms with E-state index in [1.165, 1.54) is 0 Å². The summed E-state index contributed by atoms with van der Waals surface area (Å²) in [6, 6.07) is 0. The highest BCUT2D eigenvalue weighted by atomic mass is 16.5. The minimum Gasteiger partial charge on any atom is -0.474 e. The zero-order valence-corrected chi connectivity index (χ0v) is 6.41. The zero-order chi connectivity index (χ0) is 8.27. The molecule has 1 unspecified atom stereocenters. The normalized spacial score (nSPS) is 22.6. The highest BCUT2D eigenvalue weighted by Gasteiger charge is 2.23. The summed E-state index contributed by atoms with van der Waals surface area (Å²) in [5, 5.41) is 8.44. The number of ether oxygens (including phenoxy) is 1. The van der Waals surface area contributed by atoms with E-state index in [4.69, 9.17) is 9.84 Å². The Morgan fingerprint density at radius 1 is 1.91 bits per heavy atom. The molecule has 0 aliphatic carbocycles. The topological polar surface area (TPSA) is 58.9 Å². The van der Waals surface area contributed by atoms with Crippen LogP contribution in [0.4, 0.5) is 0 Å². The van der Waals surface area contributed by atoms with Crippen molar-refractivity contribution in [3.8, 4) is 0 Å². The summed E-state index contributed by atoms with van der Waals surface area (Å²) in [5.41, 5.74) is 0. The monoisotopic (exact) mass is 157 g/mol. The van der Waals surface area contributed by atoms with E-state index in [0.29, 0.717) is 6.54 Å². The average molecular weight is 157 g/mol. The standard InChI is InChI=1S/C7H11NO3/c1-2-3-5-4-8-6(11-5)7(9)10/h5H,2-4H2,1H3,(H,9,10).